The highest BCUT2D eigenvalue weighted by atomic mass is 16.1. The lowest BCUT2D eigenvalue weighted by atomic mass is 10.1. The summed E-state index contributed by atoms with van der Waals surface area (Å²) in [5.41, 5.74) is 5.11. The Labute approximate surface area is 153 Å². The monoisotopic (exact) mass is 346 g/mol. The first-order chi connectivity index (χ1) is 12.4. The first kappa shape index (κ1) is 17.6. The molecule has 1 heterocycles. The first-order valence-corrected chi connectivity index (χ1v) is 8.47. The minimum Gasteiger partial charge on any atom is -0.321 e. The number of benzene rings is 2. The van der Waals surface area contributed by atoms with Gasteiger partial charge in [0.2, 0.25) is 5.95 Å². The van der Waals surface area contributed by atoms with E-state index in [1.807, 2.05) is 81.2 Å². The molecule has 0 bridgehead atoms. The number of rotatable bonds is 4. The fourth-order valence-electron chi connectivity index (χ4n) is 2.60. The van der Waals surface area contributed by atoms with Crippen LogP contribution >= 0.6 is 0 Å². The predicted molar refractivity (Wildman–Crippen MR) is 105 cm³/mol. The van der Waals surface area contributed by atoms with Crippen LogP contribution in [0, 0.1) is 20.8 Å². The van der Waals surface area contributed by atoms with Crippen LogP contribution in [0.25, 0.3) is 0 Å². The highest BCUT2D eigenvalue weighted by molar-refractivity contribution is 6.03. The Hall–Kier alpha value is -3.21. The number of nitrogens with zero attached hydrogens (tertiary/aromatic N) is 3. The third-order valence-electron chi connectivity index (χ3n) is 4.28. The summed E-state index contributed by atoms with van der Waals surface area (Å²) in [6, 6.07) is 17.3. The fraction of sp³-hybridized carbons (Fsp3) is 0.190. The van der Waals surface area contributed by atoms with Crippen LogP contribution in [0.1, 0.15) is 27.3 Å². The molecule has 0 aliphatic carbocycles. The molecule has 3 aromatic rings. The second kappa shape index (κ2) is 7.35. The number of hydrogen-bond donors (Lipinski definition) is 1. The molecular formula is C21H22N4O. The van der Waals surface area contributed by atoms with Crippen LogP contribution in [0.2, 0.25) is 0 Å². The van der Waals surface area contributed by atoms with Crippen molar-refractivity contribution in [3.8, 4) is 0 Å². The van der Waals surface area contributed by atoms with Crippen LogP contribution in [0.4, 0.5) is 17.3 Å². The number of hydrogen-bond acceptors (Lipinski definition) is 4. The Morgan fingerprint density at radius 2 is 1.65 bits per heavy atom. The fourth-order valence-corrected chi connectivity index (χ4v) is 2.60. The van der Waals surface area contributed by atoms with Gasteiger partial charge in [-0.25, -0.2) is 9.97 Å². The zero-order chi connectivity index (χ0) is 18.7. The van der Waals surface area contributed by atoms with E-state index >= 15 is 0 Å². The van der Waals surface area contributed by atoms with Crippen molar-refractivity contribution in [1.29, 1.82) is 0 Å². The number of nitrogens with one attached hydrogen (secondary N) is 1. The van der Waals surface area contributed by atoms with Crippen LogP contribution < -0.4 is 10.2 Å². The molecule has 5 nitrogen and oxygen atoms in total. The Balaban J connectivity index is 1.87. The van der Waals surface area contributed by atoms with Crippen molar-refractivity contribution in [2.24, 2.45) is 0 Å². The summed E-state index contributed by atoms with van der Waals surface area (Å²) < 4.78 is 0. The van der Waals surface area contributed by atoms with E-state index in [1.165, 1.54) is 5.56 Å². The van der Waals surface area contributed by atoms with Crippen molar-refractivity contribution in [2.75, 3.05) is 17.3 Å². The first-order valence-electron chi connectivity index (χ1n) is 8.47. The highest BCUT2D eigenvalue weighted by Crippen LogP contribution is 2.21. The van der Waals surface area contributed by atoms with E-state index in [4.69, 9.17) is 0 Å². The van der Waals surface area contributed by atoms with Gasteiger partial charge in [-0.15, -0.1) is 0 Å². The van der Waals surface area contributed by atoms with Crippen LogP contribution in [0.5, 0.6) is 0 Å². The average molecular weight is 346 g/mol. The van der Waals surface area contributed by atoms with Crippen molar-refractivity contribution in [1.82, 2.24) is 9.97 Å². The lowest BCUT2D eigenvalue weighted by molar-refractivity contribution is 0.102. The highest BCUT2D eigenvalue weighted by Gasteiger charge is 2.14. The molecule has 0 atom stereocenters. The van der Waals surface area contributed by atoms with Gasteiger partial charge in [0, 0.05) is 24.1 Å². The zero-order valence-electron chi connectivity index (χ0n) is 15.4. The topological polar surface area (TPSA) is 58.1 Å². The van der Waals surface area contributed by atoms with E-state index in [9.17, 15) is 4.79 Å². The standard InChI is InChI=1S/C21H22N4O/c1-14-10-11-17(12-15(14)2)23-20(26)19-13-16(3)22-21(24-19)25(4)18-8-6-5-7-9-18/h5-13H,1-4H3,(H,23,26). The van der Waals surface area contributed by atoms with E-state index < -0.39 is 0 Å². The molecule has 0 unspecified atom stereocenters. The third-order valence-corrected chi connectivity index (χ3v) is 4.28. The Kier molecular flexibility index (Phi) is 4.98. The number of carbonyl (C=O) groups is 1. The van der Waals surface area contributed by atoms with Gasteiger partial charge in [-0.3, -0.25) is 4.79 Å². The van der Waals surface area contributed by atoms with E-state index in [-0.39, 0.29) is 5.91 Å². The maximum absolute atomic E-state index is 12.7. The maximum atomic E-state index is 12.7. The average Bonchev–Trinajstić information content (AvgIpc) is 2.64. The van der Waals surface area contributed by atoms with Crippen molar-refractivity contribution in [3.63, 3.8) is 0 Å². The summed E-state index contributed by atoms with van der Waals surface area (Å²) in [5, 5.41) is 2.91. The molecule has 26 heavy (non-hydrogen) atoms. The smallest absolute Gasteiger partial charge is 0.274 e. The molecule has 3 rings (SSSR count). The lowest BCUT2D eigenvalue weighted by Gasteiger charge is -2.18. The van der Waals surface area contributed by atoms with Crippen molar-refractivity contribution < 1.29 is 4.79 Å². The van der Waals surface area contributed by atoms with Gasteiger partial charge in [0.1, 0.15) is 5.69 Å². The summed E-state index contributed by atoms with van der Waals surface area (Å²) in [5.74, 6) is 0.239. The van der Waals surface area contributed by atoms with Crippen LogP contribution in [-0.2, 0) is 0 Å². The van der Waals surface area contributed by atoms with Gasteiger partial charge < -0.3 is 10.2 Å². The molecular weight excluding hydrogens is 324 g/mol. The number of aromatic nitrogens is 2. The lowest BCUT2D eigenvalue weighted by Crippen LogP contribution is -2.19. The maximum Gasteiger partial charge on any atom is 0.274 e. The van der Waals surface area contributed by atoms with Crippen molar-refractivity contribution in [2.45, 2.75) is 20.8 Å². The summed E-state index contributed by atoms with van der Waals surface area (Å²) in [7, 11) is 1.88. The summed E-state index contributed by atoms with van der Waals surface area (Å²) in [6.07, 6.45) is 0. The molecule has 132 valence electrons. The minimum absolute atomic E-state index is 0.249. The molecule has 0 radical (unpaired) electrons. The van der Waals surface area contributed by atoms with Crippen molar-refractivity contribution in [3.05, 3.63) is 77.1 Å². The van der Waals surface area contributed by atoms with Gasteiger partial charge in [0.25, 0.3) is 5.91 Å². The Morgan fingerprint density at radius 3 is 2.35 bits per heavy atom. The quantitative estimate of drug-likeness (QED) is 0.759. The molecule has 0 aliphatic rings. The van der Waals surface area contributed by atoms with Crippen LogP contribution in [-0.4, -0.2) is 22.9 Å². The molecule has 0 fully saturated rings. The molecule has 1 N–H and O–H groups in total. The molecule has 1 aromatic heterocycles. The van der Waals surface area contributed by atoms with Gasteiger partial charge in [-0.2, -0.15) is 0 Å². The number of amides is 1. The molecule has 2 aromatic carbocycles. The second-order valence-electron chi connectivity index (χ2n) is 6.34. The predicted octanol–water partition coefficient (Wildman–Crippen LogP) is 4.42. The SMILES string of the molecule is Cc1cc(C(=O)Nc2ccc(C)c(C)c2)nc(N(C)c2ccccc2)n1. The number of anilines is 3. The van der Waals surface area contributed by atoms with Gasteiger partial charge in [0.15, 0.2) is 0 Å². The summed E-state index contributed by atoms with van der Waals surface area (Å²) in [6.45, 7) is 5.92. The number of para-hydroxylation sites is 1. The number of carbonyl (C=O) groups excluding carboxylic acids is 1. The molecule has 0 spiro atoms. The van der Waals surface area contributed by atoms with Crippen LogP contribution in [0.3, 0.4) is 0 Å². The Bertz CT molecular complexity index is 938. The largest absolute Gasteiger partial charge is 0.321 e. The summed E-state index contributed by atoms with van der Waals surface area (Å²) in [4.78, 5) is 23.4. The van der Waals surface area contributed by atoms with Gasteiger partial charge in [0.05, 0.1) is 0 Å². The van der Waals surface area contributed by atoms with Crippen LogP contribution in [0.15, 0.2) is 54.6 Å². The number of aryl methyl sites for hydroxylation is 3. The van der Waals surface area contributed by atoms with E-state index in [0.717, 1.165) is 22.6 Å². The van der Waals surface area contributed by atoms with E-state index in [0.29, 0.717) is 11.6 Å². The minimum atomic E-state index is -0.249. The van der Waals surface area contributed by atoms with Gasteiger partial charge >= 0.3 is 0 Å². The van der Waals surface area contributed by atoms with Gasteiger partial charge in [-0.05, 0) is 62.2 Å². The molecule has 0 saturated carbocycles. The molecule has 1 amide bonds. The summed E-state index contributed by atoms with van der Waals surface area (Å²) >= 11 is 0. The molecule has 0 aliphatic heterocycles. The normalized spacial score (nSPS) is 10.5. The van der Waals surface area contributed by atoms with E-state index in [1.54, 1.807) is 6.07 Å². The van der Waals surface area contributed by atoms with Crippen molar-refractivity contribution >= 4 is 23.2 Å². The molecule has 5 heteroatoms. The zero-order valence-corrected chi connectivity index (χ0v) is 15.4. The second-order valence-corrected chi connectivity index (χ2v) is 6.34. The molecule has 0 saturated heterocycles. The Morgan fingerprint density at radius 1 is 0.923 bits per heavy atom. The van der Waals surface area contributed by atoms with Gasteiger partial charge in [-0.1, -0.05) is 24.3 Å². The third kappa shape index (κ3) is 3.88. The van der Waals surface area contributed by atoms with E-state index in [2.05, 4.69) is 15.3 Å².